The number of methoxy groups -OCH3 is 1. The van der Waals surface area contributed by atoms with Crippen molar-refractivity contribution in [3.8, 4) is 11.1 Å². The van der Waals surface area contributed by atoms with Gasteiger partial charge >= 0.3 is 0 Å². The van der Waals surface area contributed by atoms with Gasteiger partial charge in [-0.3, -0.25) is 4.79 Å². The van der Waals surface area contributed by atoms with Crippen LogP contribution in [-0.2, 0) is 11.2 Å². The number of halogens is 2. The van der Waals surface area contributed by atoms with Gasteiger partial charge in [0.1, 0.15) is 0 Å². The third-order valence-electron chi connectivity index (χ3n) is 5.02. The first kappa shape index (κ1) is 21.2. The molecular formula is C25H21F2NO2S. The number of carbonyl (C=O) groups excluding carboxylic acids is 1. The molecule has 0 unspecified atom stereocenters. The quantitative estimate of drug-likeness (QED) is 0.370. The number of ether oxygens (including phenoxy) is 1. The Kier molecular flexibility index (Phi) is 6.39. The summed E-state index contributed by atoms with van der Waals surface area (Å²) in [6.07, 6.45) is 0.324. The highest BCUT2D eigenvalue weighted by Crippen LogP contribution is 2.36. The molecule has 0 fully saturated rings. The fourth-order valence-corrected chi connectivity index (χ4v) is 4.72. The van der Waals surface area contributed by atoms with E-state index in [4.69, 9.17) is 4.74 Å². The van der Waals surface area contributed by atoms with Gasteiger partial charge in [-0.15, -0.1) is 11.3 Å². The van der Waals surface area contributed by atoms with E-state index < -0.39 is 11.6 Å². The molecule has 6 heteroatoms. The molecule has 0 aliphatic carbocycles. The Morgan fingerprint density at radius 3 is 2.68 bits per heavy atom. The van der Waals surface area contributed by atoms with E-state index in [1.54, 1.807) is 30.6 Å². The van der Waals surface area contributed by atoms with Crippen molar-refractivity contribution in [3.63, 3.8) is 0 Å². The van der Waals surface area contributed by atoms with Gasteiger partial charge in [-0.25, -0.2) is 8.78 Å². The van der Waals surface area contributed by atoms with Crippen LogP contribution in [0.2, 0.25) is 0 Å². The predicted octanol–water partition coefficient (Wildman–Crippen LogP) is 5.81. The normalized spacial score (nSPS) is 11.1. The third-order valence-corrected chi connectivity index (χ3v) is 6.20. The van der Waals surface area contributed by atoms with Crippen molar-refractivity contribution in [1.82, 2.24) is 5.32 Å². The molecule has 0 atom stereocenters. The van der Waals surface area contributed by atoms with Crippen molar-refractivity contribution < 1.29 is 18.3 Å². The van der Waals surface area contributed by atoms with Gasteiger partial charge < -0.3 is 10.1 Å². The maximum absolute atomic E-state index is 14.1. The monoisotopic (exact) mass is 437 g/mol. The zero-order chi connectivity index (χ0) is 21.8. The molecule has 0 saturated carbocycles. The summed E-state index contributed by atoms with van der Waals surface area (Å²) < 4.78 is 33.7. The number of hydrogen-bond acceptors (Lipinski definition) is 3. The minimum Gasteiger partial charge on any atom is -0.383 e. The van der Waals surface area contributed by atoms with Gasteiger partial charge in [0.05, 0.1) is 6.61 Å². The molecule has 4 aromatic rings. The van der Waals surface area contributed by atoms with Crippen LogP contribution in [0, 0.1) is 11.6 Å². The van der Waals surface area contributed by atoms with Crippen LogP contribution in [0.15, 0.2) is 66.7 Å². The Morgan fingerprint density at radius 2 is 1.84 bits per heavy atom. The van der Waals surface area contributed by atoms with Gasteiger partial charge in [-0.05, 0) is 46.3 Å². The van der Waals surface area contributed by atoms with Crippen molar-refractivity contribution in [1.29, 1.82) is 0 Å². The van der Waals surface area contributed by atoms with Crippen LogP contribution in [0.5, 0.6) is 0 Å². The molecule has 0 bridgehead atoms. The van der Waals surface area contributed by atoms with E-state index in [0.717, 1.165) is 32.2 Å². The van der Waals surface area contributed by atoms with Crippen molar-refractivity contribution in [2.75, 3.05) is 20.3 Å². The number of benzene rings is 3. The summed E-state index contributed by atoms with van der Waals surface area (Å²) in [4.78, 5) is 13.3. The summed E-state index contributed by atoms with van der Waals surface area (Å²) in [5.74, 6) is -1.79. The zero-order valence-electron chi connectivity index (χ0n) is 17.0. The molecule has 158 valence electrons. The van der Waals surface area contributed by atoms with Crippen molar-refractivity contribution in [2.45, 2.75) is 6.42 Å². The van der Waals surface area contributed by atoms with Crippen LogP contribution >= 0.6 is 11.3 Å². The van der Waals surface area contributed by atoms with Gasteiger partial charge in [0.15, 0.2) is 11.6 Å². The van der Waals surface area contributed by atoms with E-state index in [9.17, 15) is 13.6 Å². The summed E-state index contributed by atoms with van der Waals surface area (Å²) >= 11 is 1.55. The molecule has 31 heavy (non-hydrogen) atoms. The molecule has 0 aliphatic heterocycles. The Morgan fingerprint density at radius 1 is 1.03 bits per heavy atom. The lowest BCUT2D eigenvalue weighted by Gasteiger charge is -2.08. The fourth-order valence-electron chi connectivity index (χ4n) is 3.50. The van der Waals surface area contributed by atoms with Crippen LogP contribution in [0.4, 0.5) is 8.78 Å². The maximum atomic E-state index is 14.1. The number of fused-ring (bicyclic) bond motifs is 1. The lowest BCUT2D eigenvalue weighted by Crippen LogP contribution is -2.26. The van der Waals surface area contributed by atoms with Gasteiger partial charge in [-0.2, -0.15) is 0 Å². The topological polar surface area (TPSA) is 38.3 Å². The number of carbonyl (C=O) groups is 1. The van der Waals surface area contributed by atoms with Crippen LogP contribution in [0.25, 0.3) is 21.2 Å². The Balaban J connectivity index is 1.65. The van der Waals surface area contributed by atoms with E-state index in [0.29, 0.717) is 30.7 Å². The SMILES string of the molecule is COCCNC(=O)c1cccc(-c2cccc3cc(Cc4cccc(F)c4F)sc23)c1. The first-order valence-corrected chi connectivity index (χ1v) is 10.7. The molecule has 3 nitrogen and oxygen atoms in total. The van der Waals surface area contributed by atoms with Gasteiger partial charge in [0, 0.05) is 35.2 Å². The second-order valence-corrected chi connectivity index (χ2v) is 8.29. The molecule has 0 radical (unpaired) electrons. The number of amides is 1. The number of rotatable bonds is 7. The summed E-state index contributed by atoms with van der Waals surface area (Å²) in [7, 11) is 1.59. The zero-order valence-corrected chi connectivity index (χ0v) is 17.8. The van der Waals surface area contributed by atoms with E-state index in [1.165, 1.54) is 6.07 Å². The standard InChI is InChI=1S/C25H21F2NO2S/c1-30-12-11-28-25(29)19-8-2-5-16(13-19)21-9-3-7-18-15-20(31-24(18)21)14-17-6-4-10-22(26)23(17)27/h2-10,13,15H,11-12,14H2,1H3,(H,28,29). The second-order valence-electron chi connectivity index (χ2n) is 7.16. The number of hydrogen-bond donors (Lipinski definition) is 1. The second kappa shape index (κ2) is 9.37. The van der Waals surface area contributed by atoms with E-state index >= 15 is 0 Å². The molecule has 0 saturated heterocycles. The average molecular weight is 438 g/mol. The summed E-state index contributed by atoms with van der Waals surface area (Å²) in [5.41, 5.74) is 2.84. The molecule has 1 amide bonds. The smallest absolute Gasteiger partial charge is 0.251 e. The summed E-state index contributed by atoms with van der Waals surface area (Å²) in [6.45, 7) is 0.898. The fraction of sp³-hybridized carbons (Fsp3) is 0.160. The first-order chi connectivity index (χ1) is 15.1. The van der Waals surface area contributed by atoms with Crippen molar-refractivity contribution in [3.05, 3.63) is 94.4 Å². The number of nitrogens with one attached hydrogen (secondary N) is 1. The molecule has 1 aromatic heterocycles. The minimum atomic E-state index is -0.833. The Bertz CT molecular complexity index is 1240. The molecule has 1 heterocycles. The van der Waals surface area contributed by atoms with Crippen molar-refractivity contribution >= 4 is 27.3 Å². The maximum Gasteiger partial charge on any atom is 0.251 e. The summed E-state index contributed by atoms with van der Waals surface area (Å²) in [5, 5.41) is 3.86. The highest BCUT2D eigenvalue weighted by atomic mass is 32.1. The molecule has 1 N–H and O–H groups in total. The Hall–Kier alpha value is -3.09. The van der Waals surface area contributed by atoms with Gasteiger partial charge in [0.2, 0.25) is 0 Å². The van der Waals surface area contributed by atoms with Crippen LogP contribution in [0.1, 0.15) is 20.8 Å². The largest absolute Gasteiger partial charge is 0.383 e. The third kappa shape index (κ3) is 4.65. The summed E-state index contributed by atoms with van der Waals surface area (Å²) in [6, 6.07) is 19.7. The highest BCUT2D eigenvalue weighted by Gasteiger charge is 2.13. The molecule has 3 aromatic carbocycles. The van der Waals surface area contributed by atoms with E-state index in [-0.39, 0.29) is 5.91 Å². The molecule has 0 aliphatic rings. The van der Waals surface area contributed by atoms with Gasteiger partial charge in [0.25, 0.3) is 5.91 Å². The van der Waals surface area contributed by atoms with Crippen molar-refractivity contribution in [2.24, 2.45) is 0 Å². The minimum absolute atomic E-state index is 0.153. The lowest BCUT2D eigenvalue weighted by molar-refractivity contribution is 0.0937. The predicted molar refractivity (Wildman–Crippen MR) is 121 cm³/mol. The van der Waals surface area contributed by atoms with Crippen LogP contribution in [-0.4, -0.2) is 26.2 Å². The number of thiophene rings is 1. The van der Waals surface area contributed by atoms with E-state index in [1.807, 2.05) is 42.5 Å². The molecule has 0 spiro atoms. The highest BCUT2D eigenvalue weighted by molar-refractivity contribution is 7.19. The van der Waals surface area contributed by atoms with Crippen LogP contribution in [0.3, 0.4) is 0 Å². The Labute approximate surface area is 183 Å². The van der Waals surface area contributed by atoms with Gasteiger partial charge in [-0.1, -0.05) is 42.5 Å². The molecular weight excluding hydrogens is 416 g/mol. The van der Waals surface area contributed by atoms with Crippen LogP contribution < -0.4 is 5.32 Å². The lowest BCUT2D eigenvalue weighted by atomic mass is 10.0. The average Bonchev–Trinajstić information content (AvgIpc) is 3.19. The van der Waals surface area contributed by atoms with E-state index in [2.05, 4.69) is 5.32 Å². The molecule has 4 rings (SSSR count). The first-order valence-electron chi connectivity index (χ1n) is 9.88.